The van der Waals surface area contributed by atoms with Gasteiger partial charge in [0.25, 0.3) is 0 Å². The minimum atomic E-state index is -4.49. The number of aromatic nitrogens is 5. The van der Waals surface area contributed by atoms with Crippen molar-refractivity contribution in [2.75, 3.05) is 5.32 Å². The normalized spacial score (nSPS) is 11.4. The molecule has 4 aromatic rings. The van der Waals surface area contributed by atoms with Crippen LogP contribution in [-0.4, -0.2) is 30.8 Å². The highest BCUT2D eigenvalue weighted by atomic mass is 19.4. The van der Waals surface area contributed by atoms with Crippen molar-refractivity contribution in [2.45, 2.75) is 19.6 Å². The van der Waals surface area contributed by atoms with Gasteiger partial charge in [0.05, 0.1) is 29.7 Å². The predicted molar refractivity (Wildman–Crippen MR) is 111 cm³/mol. The van der Waals surface area contributed by atoms with E-state index in [9.17, 15) is 18.0 Å². The number of rotatable bonds is 5. The number of alkyl halides is 3. The molecule has 3 heterocycles. The van der Waals surface area contributed by atoms with Gasteiger partial charge in [-0.3, -0.25) is 5.32 Å². The lowest BCUT2D eigenvalue weighted by Crippen LogP contribution is -2.29. The van der Waals surface area contributed by atoms with Crippen LogP contribution in [0.3, 0.4) is 0 Å². The average Bonchev–Trinajstić information content (AvgIpc) is 3.39. The first-order valence-corrected chi connectivity index (χ1v) is 9.54. The lowest BCUT2D eigenvalue weighted by molar-refractivity contribution is -0.137. The van der Waals surface area contributed by atoms with E-state index in [1.165, 1.54) is 10.7 Å². The summed E-state index contributed by atoms with van der Waals surface area (Å²) in [6, 6.07) is 12.8. The minimum Gasteiger partial charge on any atom is -0.341 e. The number of anilines is 1. The molecule has 0 saturated heterocycles. The maximum atomic E-state index is 12.8. The highest BCUT2D eigenvalue weighted by Gasteiger charge is 2.30. The highest BCUT2D eigenvalue weighted by Crippen LogP contribution is 2.29. The third-order valence-electron chi connectivity index (χ3n) is 4.49. The monoisotopic (exact) mass is 441 g/mol. The number of amides is 2. The van der Waals surface area contributed by atoms with Crippen molar-refractivity contribution < 1.29 is 18.0 Å². The van der Waals surface area contributed by atoms with Crippen molar-refractivity contribution in [3.05, 3.63) is 78.0 Å². The first-order chi connectivity index (χ1) is 15.3. The number of nitrogens with zero attached hydrogens (tertiary/aromatic N) is 4. The number of aromatic amines is 1. The largest absolute Gasteiger partial charge is 0.417 e. The molecule has 164 valence electrons. The molecule has 0 unspecified atom stereocenters. The highest BCUT2D eigenvalue weighted by molar-refractivity contribution is 5.88. The number of benzene rings is 1. The number of carbonyl (C=O) groups is 1. The Hall–Kier alpha value is -4.15. The second-order valence-corrected chi connectivity index (χ2v) is 6.90. The number of carbonyl (C=O) groups excluding carboxylic acids is 1. The molecule has 0 aliphatic carbocycles. The molecule has 2 amide bonds. The van der Waals surface area contributed by atoms with Gasteiger partial charge >= 0.3 is 12.2 Å². The molecule has 4 rings (SSSR count). The van der Waals surface area contributed by atoms with Gasteiger partial charge in [-0.15, -0.1) is 0 Å². The van der Waals surface area contributed by atoms with E-state index in [4.69, 9.17) is 0 Å². The number of hydrogen-bond acceptors (Lipinski definition) is 4. The summed E-state index contributed by atoms with van der Waals surface area (Å²) in [5, 5.41) is 9.50. The molecule has 0 fully saturated rings. The molecule has 0 saturated carbocycles. The van der Waals surface area contributed by atoms with Crippen LogP contribution < -0.4 is 10.6 Å². The predicted octanol–water partition coefficient (Wildman–Crippen LogP) is 4.31. The molecule has 1 aromatic carbocycles. The number of nitrogens with one attached hydrogen (secondary N) is 3. The molecule has 0 radical (unpaired) electrons. The van der Waals surface area contributed by atoms with E-state index in [2.05, 4.69) is 30.7 Å². The van der Waals surface area contributed by atoms with Crippen molar-refractivity contribution in [1.82, 2.24) is 30.0 Å². The minimum absolute atomic E-state index is 0.139. The number of pyridine rings is 1. The van der Waals surface area contributed by atoms with Gasteiger partial charge in [0.1, 0.15) is 11.6 Å². The topological polar surface area (TPSA) is 101 Å². The Morgan fingerprint density at radius 3 is 2.56 bits per heavy atom. The third-order valence-corrected chi connectivity index (χ3v) is 4.49. The van der Waals surface area contributed by atoms with Gasteiger partial charge in [0, 0.05) is 12.3 Å². The van der Waals surface area contributed by atoms with Gasteiger partial charge in [-0.1, -0.05) is 30.3 Å². The zero-order valence-corrected chi connectivity index (χ0v) is 16.8. The van der Waals surface area contributed by atoms with Crippen molar-refractivity contribution in [3.8, 4) is 17.1 Å². The molecule has 0 bridgehead atoms. The summed E-state index contributed by atoms with van der Waals surface area (Å²) in [6.45, 7) is 1.84. The van der Waals surface area contributed by atoms with E-state index in [0.29, 0.717) is 11.5 Å². The number of hydrogen-bond donors (Lipinski definition) is 3. The van der Waals surface area contributed by atoms with Gasteiger partial charge in [0.15, 0.2) is 5.82 Å². The van der Waals surface area contributed by atoms with Gasteiger partial charge in [0.2, 0.25) is 0 Å². The second-order valence-electron chi connectivity index (χ2n) is 6.90. The smallest absolute Gasteiger partial charge is 0.341 e. The molecular weight excluding hydrogens is 423 g/mol. The number of urea groups is 1. The summed E-state index contributed by atoms with van der Waals surface area (Å²) in [6.07, 6.45) is -2.09. The summed E-state index contributed by atoms with van der Waals surface area (Å²) in [7, 11) is 0. The first kappa shape index (κ1) is 21.1. The fraction of sp³-hybridized carbons (Fsp3) is 0.143. The number of H-pyrrole nitrogens is 1. The molecule has 32 heavy (non-hydrogen) atoms. The van der Waals surface area contributed by atoms with Crippen LogP contribution >= 0.6 is 0 Å². The van der Waals surface area contributed by atoms with E-state index in [-0.39, 0.29) is 18.2 Å². The molecule has 0 atom stereocenters. The maximum Gasteiger partial charge on any atom is 0.417 e. The zero-order chi connectivity index (χ0) is 22.7. The van der Waals surface area contributed by atoms with Gasteiger partial charge < -0.3 is 10.3 Å². The zero-order valence-electron chi connectivity index (χ0n) is 16.8. The van der Waals surface area contributed by atoms with Crippen LogP contribution in [0.25, 0.3) is 17.1 Å². The number of aryl methyl sites for hydroxylation is 1. The van der Waals surface area contributed by atoms with Crippen LogP contribution in [0.15, 0.2) is 60.9 Å². The molecule has 0 aliphatic rings. The Balaban J connectivity index is 1.42. The summed E-state index contributed by atoms with van der Waals surface area (Å²) < 4.78 is 39.6. The summed E-state index contributed by atoms with van der Waals surface area (Å²) in [4.78, 5) is 23.6. The van der Waals surface area contributed by atoms with E-state index in [0.717, 1.165) is 23.5 Å². The van der Waals surface area contributed by atoms with Crippen LogP contribution in [0, 0.1) is 6.92 Å². The van der Waals surface area contributed by atoms with Crippen molar-refractivity contribution in [2.24, 2.45) is 0 Å². The summed E-state index contributed by atoms with van der Waals surface area (Å²) in [5.74, 6) is 0.963. The first-order valence-electron chi connectivity index (χ1n) is 9.54. The number of halogens is 3. The molecule has 8 nitrogen and oxygen atoms in total. The number of imidazole rings is 1. The fourth-order valence-corrected chi connectivity index (χ4v) is 2.98. The molecule has 0 spiro atoms. The SMILES string of the molecule is Cc1cc(NC(=O)NCc2ncc(-c3ccccc3)[nH]2)n(-c2ccc(C(F)(F)F)cn2)n1. The maximum absolute atomic E-state index is 12.8. The van der Waals surface area contributed by atoms with Crippen LogP contribution in [0.2, 0.25) is 0 Å². The molecular formula is C21H18F3N7O. The second kappa shape index (κ2) is 8.53. The average molecular weight is 441 g/mol. The van der Waals surface area contributed by atoms with Crippen LogP contribution in [0.1, 0.15) is 17.1 Å². The third kappa shape index (κ3) is 4.77. The van der Waals surface area contributed by atoms with E-state index in [1.807, 2.05) is 30.3 Å². The van der Waals surface area contributed by atoms with E-state index < -0.39 is 17.8 Å². The molecule has 3 aromatic heterocycles. The lowest BCUT2D eigenvalue weighted by atomic mass is 10.2. The van der Waals surface area contributed by atoms with Gasteiger partial charge in [-0.25, -0.2) is 14.8 Å². The van der Waals surface area contributed by atoms with Crippen molar-refractivity contribution >= 4 is 11.8 Å². The lowest BCUT2D eigenvalue weighted by Gasteiger charge is -2.10. The Morgan fingerprint density at radius 2 is 1.88 bits per heavy atom. The quantitative estimate of drug-likeness (QED) is 0.430. The van der Waals surface area contributed by atoms with Crippen LogP contribution in [0.4, 0.5) is 23.8 Å². The Bertz CT molecular complexity index is 1210. The van der Waals surface area contributed by atoms with Gasteiger partial charge in [-0.05, 0) is 24.6 Å². The standard InChI is InChI=1S/C21H18F3N7O/c1-13-9-19(31(30-13)18-8-7-15(10-26-18)21(22,23)24)29-20(32)27-12-17-25-11-16(28-17)14-5-3-2-4-6-14/h2-11H,12H2,1H3,(H,25,28)(H2,27,29,32). The Kier molecular flexibility index (Phi) is 5.63. The molecule has 0 aliphatic heterocycles. The molecule has 11 heteroatoms. The van der Waals surface area contributed by atoms with Gasteiger partial charge in [-0.2, -0.15) is 23.0 Å². The van der Waals surface area contributed by atoms with E-state index >= 15 is 0 Å². The Labute approximate surface area is 180 Å². The van der Waals surface area contributed by atoms with Crippen LogP contribution in [0.5, 0.6) is 0 Å². The van der Waals surface area contributed by atoms with Crippen LogP contribution in [-0.2, 0) is 12.7 Å². The van der Waals surface area contributed by atoms with Crippen molar-refractivity contribution in [1.29, 1.82) is 0 Å². The molecule has 3 N–H and O–H groups in total. The summed E-state index contributed by atoms with van der Waals surface area (Å²) >= 11 is 0. The van der Waals surface area contributed by atoms with E-state index in [1.54, 1.807) is 19.2 Å². The summed E-state index contributed by atoms with van der Waals surface area (Å²) in [5.41, 5.74) is 1.48. The van der Waals surface area contributed by atoms with Crippen molar-refractivity contribution in [3.63, 3.8) is 0 Å². The fourth-order valence-electron chi connectivity index (χ4n) is 2.98. The Morgan fingerprint density at radius 1 is 1.09 bits per heavy atom.